The molecular formula is C17H16ClNO2. The van der Waals surface area contributed by atoms with Crippen LogP contribution in [0.4, 0.5) is 0 Å². The van der Waals surface area contributed by atoms with Crippen LogP contribution >= 0.6 is 11.6 Å². The number of halogens is 1. The number of hydrogen-bond donors (Lipinski definition) is 0. The average molecular weight is 302 g/mol. The third-order valence-electron chi connectivity index (χ3n) is 2.90. The van der Waals surface area contributed by atoms with E-state index in [9.17, 15) is 0 Å². The minimum absolute atomic E-state index is 0.488. The lowest BCUT2D eigenvalue weighted by atomic mass is 10.2. The Morgan fingerprint density at radius 3 is 2.48 bits per heavy atom. The van der Waals surface area contributed by atoms with Gasteiger partial charge in [-0.1, -0.05) is 29.8 Å². The van der Waals surface area contributed by atoms with Crippen LogP contribution in [0.1, 0.15) is 17.5 Å². The van der Waals surface area contributed by atoms with Gasteiger partial charge in [0.2, 0.25) is 0 Å². The van der Waals surface area contributed by atoms with Crippen molar-refractivity contribution in [3.8, 4) is 17.6 Å². The SMILES string of the molecule is Cc1ccc(OCCCOc2ccccc2C#N)c(Cl)c1. The monoisotopic (exact) mass is 301 g/mol. The van der Waals surface area contributed by atoms with Gasteiger partial charge >= 0.3 is 0 Å². The maximum absolute atomic E-state index is 8.95. The lowest BCUT2D eigenvalue weighted by Crippen LogP contribution is -2.06. The Kier molecular flexibility index (Phi) is 5.48. The van der Waals surface area contributed by atoms with Crippen molar-refractivity contribution in [3.63, 3.8) is 0 Å². The van der Waals surface area contributed by atoms with Gasteiger partial charge in [0.1, 0.15) is 17.6 Å². The molecule has 2 aromatic carbocycles. The molecule has 0 saturated heterocycles. The summed E-state index contributed by atoms with van der Waals surface area (Å²) in [5, 5.41) is 9.57. The summed E-state index contributed by atoms with van der Waals surface area (Å²) in [6.07, 6.45) is 0.712. The Bertz CT molecular complexity index is 649. The molecule has 3 nitrogen and oxygen atoms in total. The molecule has 0 heterocycles. The zero-order chi connectivity index (χ0) is 15.1. The smallest absolute Gasteiger partial charge is 0.137 e. The molecular weight excluding hydrogens is 286 g/mol. The molecule has 0 bridgehead atoms. The topological polar surface area (TPSA) is 42.2 Å². The first-order valence-corrected chi connectivity index (χ1v) is 7.09. The fourth-order valence-corrected chi connectivity index (χ4v) is 2.12. The van der Waals surface area contributed by atoms with Gasteiger partial charge in [-0.25, -0.2) is 0 Å². The first kappa shape index (κ1) is 15.2. The standard InChI is InChI=1S/C17H16ClNO2/c1-13-7-8-17(15(18)11-13)21-10-4-9-20-16-6-3-2-5-14(16)12-19/h2-3,5-8,11H,4,9-10H2,1H3. The van der Waals surface area contributed by atoms with Crippen molar-refractivity contribution < 1.29 is 9.47 Å². The van der Waals surface area contributed by atoms with Crippen LogP contribution in [0.3, 0.4) is 0 Å². The van der Waals surface area contributed by atoms with Crippen molar-refractivity contribution in [1.82, 2.24) is 0 Å². The summed E-state index contributed by atoms with van der Waals surface area (Å²) in [6, 6.07) is 15.0. The summed E-state index contributed by atoms with van der Waals surface area (Å²) >= 11 is 6.09. The van der Waals surface area contributed by atoms with Gasteiger partial charge in [-0.05, 0) is 36.8 Å². The van der Waals surface area contributed by atoms with Gasteiger partial charge in [0.25, 0.3) is 0 Å². The zero-order valence-electron chi connectivity index (χ0n) is 11.8. The summed E-state index contributed by atoms with van der Waals surface area (Å²) in [7, 11) is 0. The van der Waals surface area contributed by atoms with Crippen molar-refractivity contribution in [2.45, 2.75) is 13.3 Å². The molecule has 2 rings (SSSR count). The van der Waals surface area contributed by atoms with E-state index in [4.69, 9.17) is 26.3 Å². The van der Waals surface area contributed by atoms with Crippen molar-refractivity contribution in [1.29, 1.82) is 5.26 Å². The van der Waals surface area contributed by atoms with Crippen LogP contribution in [-0.2, 0) is 0 Å². The largest absolute Gasteiger partial charge is 0.492 e. The van der Waals surface area contributed by atoms with E-state index in [2.05, 4.69) is 6.07 Å². The number of ether oxygens (including phenoxy) is 2. The third kappa shape index (κ3) is 4.40. The second-order valence-corrected chi connectivity index (χ2v) is 5.00. The van der Waals surface area contributed by atoms with Gasteiger partial charge in [-0.2, -0.15) is 5.26 Å². The van der Waals surface area contributed by atoms with E-state index in [-0.39, 0.29) is 0 Å². The molecule has 0 spiro atoms. The third-order valence-corrected chi connectivity index (χ3v) is 3.19. The number of aryl methyl sites for hydroxylation is 1. The lowest BCUT2D eigenvalue weighted by Gasteiger charge is -2.10. The Hall–Kier alpha value is -2.18. The maximum Gasteiger partial charge on any atom is 0.137 e. The van der Waals surface area contributed by atoms with Crippen LogP contribution < -0.4 is 9.47 Å². The van der Waals surface area contributed by atoms with Gasteiger partial charge in [-0.3, -0.25) is 0 Å². The molecule has 0 aliphatic carbocycles. The molecule has 0 radical (unpaired) electrons. The molecule has 2 aromatic rings. The minimum Gasteiger partial charge on any atom is -0.492 e. The Balaban J connectivity index is 1.76. The summed E-state index contributed by atoms with van der Waals surface area (Å²) in [4.78, 5) is 0. The number of para-hydroxylation sites is 1. The molecule has 0 N–H and O–H groups in total. The van der Waals surface area contributed by atoms with Gasteiger partial charge in [0, 0.05) is 6.42 Å². The van der Waals surface area contributed by atoms with Crippen molar-refractivity contribution >= 4 is 11.6 Å². The maximum atomic E-state index is 8.95. The van der Waals surface area contributed by atoms with E-state index in [1.165, 1.54) is 0 Å². The molecule has 21 heavy (non-hydrogen) atoms. The summed E-state index contributed by atoms with van der Waals surface area (Å²) in [5.74, 6) is 1.29. The highest BCUT2D eigenvalue weighted by molar-refractivity contribution is 6.32. The highest BCUT2D eigenvalue weighted by Crippen LogP contribution is 2.25. The second kappa shape index (κ2) is 7.56. The van der Waals surface area contributed by atoms with Crippen LogP contribution in [-0.4, -0.2) is 13.2 Å². The minimum atomic E-state index is 0.488. The number of nitriles is 1. The average Bonchev–Trinajstić information content (AvgIpc) is 2.49. The zero-order valence-corrected chi connectivity index (χ0v) is 12.6. The number of nitrogens with zero attached hydrogens (tertiary/aromatic N) is 1. The molecule has 0 atom stereocenters. The highest BCUT2D eigenvalue weighted by Gasteiger charge is 2.03. The first-order chi connectivity index (χ1) is 10.2. The van der Waals surface area contributed by atoms with Gasteiger partial charge < -0.3 is 9.47 Å². The molecule has 0 aliphatic rings. The van der Waals surface area contributed by atoms with E-state index in [1.807, 2.05) is 37.3 Å². The molecule has 4 heteroatoms. The van der Waals surface area contributed by atoms with Crippen molar-refractivity contribution in [2.75, 3.05) is 13.2 Å². The predicted octanol–water partition coefficient (Wildman–Crippen LogP) is 4.37. The van der Waals surface area contributed by atoms with E-state index in [1.54, 1.807) is 12.1 Å². The van der Waals surface area contributed by atoms with E-state index >= 15 is 0 Å². The van der Waals surface area contributed by atoms with E-state index in [0.29, 0.717) is 41.7 Å². The quantitative estimate of drug-likeness (QED) is 0.744. The second-order valence-electron chi connectivity index (χ2n) is 4.59. The van der Waals surface area contributed by atoms with E-state index in [0.717, 1.165) is 5.56 Å². The van der Waals surface area contributed by atoms with Crippen LogP contribution in [0.25, 0.3) is 0 Å². The van der Waals surface area contributed by atoms with E-state index < -0.39 is 0 Å². The number of rotatable bonds is 6. The molecule has 108 valence electrons. The normalized spacial score (nSPS) is 9.95. The number of hydrogen-bond acceptors (Lipinski definition) is 3. The molecule has 0 unspecified atom stereocenters. The Labute approximate surface area is 129 Å². The van der Waals surface area contributed by atoms with Crippen LogP contribution in [0, 0.1) is 18.3 Å². The van der Waals surface area contributed by atoms with Gasteiger partial charge in [0.15, 0.2) is 0 Å². The van der Waals surface area contributed by atoms with Crippen LogP contribution in [0.2, 0.25) is 5.02 Å². The summed E-state index contributed by atoms with van der Waals surface area (Å²) in [6.45, 7) is 2.98. The molecule has 0 aliphatic heterocycles. The summed E-state index contributed by atoms with van der Waals surface area (Å²) in [5.41, 5.74) is 1.64. The first-order valence-electron chi connectivity index (χ1n) is 6.71. The van der Waals surface area contributed by atoms with Gasteiger partial charge in [-0.15, -0.1) is 0 Å². The molecule has 0 saturated carbocycles. The lowest BCUT2D eigenvalue weighted by molar-refractivity contribution is 0.247. The summed E-state index contributed by atoms with van der Waals surface area (Å²) < 4.78 is 11.2. The highest BCUT2D eigenvalue weighted by atomic mass is 35.5. The Morgan fingerprint density at radius 2 is 1.76 bits per heavy atom. The fourth-order valence-electron chi connectivity index (χ4n) is 1.83. The predicted molar refractivity (Wildman–Crippen MR) is 83.0 cm³/mol. The van der Waals surface area contributed by atoms with Crippen molar-refractivity contribution in [2.24, 2.45) is 0 Å². The van der Waals surface area contributed by atoms with Gasteiger partial charge in [0.05, 0.1) is 23.8 Å². The Morgan fingerprint density at radius 1 is 1.05 bits per heavy atom. The van der Waals surface area contributed by atoms with Crippen LogP contribution in [0.5, 0.6) is 11.5 Å². The molecule has 0 amide bonds. The fraction of sp³-hybridized carbons (Fsp3) is 0.235. The van der Waals surface area contributed by atoms with Crippen LogP contribution in [0.15, 0.2) is 42.5 Å². The number of benzene rings is 2. The van der Waals surface area contributed by atoms with Crippen molar-refractivity contribution in [3.05, 3.63) is 58.6 Å². The molecule has 0 aromatic heterocycles. The molecule has 0 fully saturated rings.